The SMILES string of the molecule is CCNC(=NC[C@H]1CCCN1CC(C)C)NC1CCN(C(C)C)CC1. The van der Waals surface area contributed by atoms with Crippen LogP contribution in [0.2, 0.25) is 0 Å². The third-order valence-electron chi connectivity index (χ3n) is 5.50. The lowest BCUT2D eigenvalue weighted by Gasteiger charge is -2.35. The molecule has 0 amide bonds. The van der Waals surface area contributed by atoms with Gasteiger partial charge in [0.05, 0.1) is 6.54 Å². The molecule has 0 radical (unpaired) electrons. The van der Waals surface area contributed by atoms with E-state index in [4.69, 9.17) is 4.99 Å². The van der Waals surface area contributed by atoms with Crippen LogP contribution in [-0.2, 0) is 0 Å². The number of nitrogens with zero attached hydrogens (tertiary/aromatic N) is 3. The van der Waals surface area contributed by atoms with Gasteiger partial charge in [0, 0.05) is 44.3 Å². The van der Waals surface area contributed by atoms with Gasteiger partial charge in [0.1, 0.15) is 0 Å². The standard InChI is InChI=1S/C20H41N5/c1-6-21-20(23-18-9-12-24(13-10-18)17(4)5)22-14-19-8-7-11-25(19)15-16(2)3/h16-19H,6-15H2,1-5H3,(H2,21,22,23)/t19-/m1/s1. The van der Waals surface area contributed by atoms with Gasteiger partial charge in [-0.2, -0.15) is 0 Å². The summed E-state index contributed by atoms with van der Waals surface area (Å²) in [5.41, 5.74) is 0. The summed E-state index contributed by atoms with van der Waals surface area (Å²) in [6, 6.07) is 1.85. The highest BCUT2D eigenvalue weighted by Crippen LogP contribution is 2.19. The minimum atomic E-state index is 0.558. The smallest absolute Gasteiger partial charge is 0.191 e. The van der Waals surface area contributed by atoms with Crippen molar-refractivity contribution in [2.45, 2.75) is 78.4 Å². The summed E-state index contributed by atoms with van der Waals surface area (Å²) in [5.74, 6) is 1.75. The molecule has 2 aliphatic rings. The van der Waals surface area contributed by atoms with Gasteiger partial charge in [-0.25, -0.2) is 0 Å². The molecule has 0 unspecified atom stereocenters. The quantitative estimate of drug-likeness (QED) is 0.546. The molecule has 0 saturated carbocycles. The summed E-state index contributed by atoms with van der Waals surface area (Å²) in [6.45, 7) is 18.1. The van der Waals surface area contributed by atoms with E-state index in [1.54, 1.807) is 0 Å². The highest BCUT2D eigenvalue weighted by molar-refractivity contribution is 5.80. The van der Waals surface area contributed by atoms with Gasteiger partial charge in [0.2, 0.25) is 0 Å². The zero-order valence-electron chi connectivity index (χ0n) is 17.2. The molecule has 2 heterocycles. The second-order valence-corrected chi connectivity index (χ2v) is 8.45. The number of likely N-dealkylation sites (tertiary alicyclic amines) is 2. The van der Waals surface area contributed by atoms with Gasteiger partial charge in [0.25, 0.3) is 0 Å². The zero-order chi connectivity index (χ0) is 18.2. The van der Waals surface area contributed by atoms with Gasteiger partial charge in [-0.15, -0.1) is 0 Å². The summed E-state index contributed by atoms with van der Waals surface area (Å²) < 4.78 is 0. The van der Waals surface area contributed by atoms with Crippen molar-refractivity contribution >= 4 is 5.96 Å². The average Bonchev–Trinajstić information content (AvgIpc) is 2.99. The van der Waals surface area contributed by atoms with Gasteiger partial charge in [-0.1, -0.05) is 13.8 Å². The summed E-state index contributed by atoms with van der Waals surface area (Å²) >= 11 is 0. The Morgan fingerprint density at radius 2 is 1.80 bits per heavy atom. The van der Waals surface area contributed by atoms with Gasteiger partial charge in [0.15, 0.2) is 5.96 Å². The van der Waals surface area contributed by atoms with Crippen LogP contribution in [0.4, 0.5) is 0 Å². The van der Waals surface area contributed by atoms with E-state index in [1.165, 1.54) is 51.9 Å². The zero-order valence-corrected chi connectivity index (χ0v) is 17.2. The third-order valence-corrected chi connectivity index (χ3v) is 5.50. The molecule has 0 bridgehead atoms. The normalized spacial score (nSPS) is 24.4. The minimum absolute atomic E-state index is 0.558. The fourth-order valence-corrected chi connectivity index (χ4v) is 4.08. The lowest BCUT2D eigenvalue weighted by molar-refractivity contribution is 0.167. The molecule has 2 aliphatic heterocycles. The molecular weight excluding hydrogens is 310 g/mol. The van der Waals surface area contributed by atoms with Gasteiger partial charge in [-0.3, -0.25) is 9.89 Å². The van der Waals surface area contributed by atoms with E-state index < -0.39 is 0 Å². The molecule has 0 aliphatic carbocycles. The van der Waals surface area contributed by atoms with Crippen LogP contribution in [0.25, 0.3) is 0 Å². The molecular formula is C20H41N5. The Kier molecular flexibility index (Phi) is 8.50. The fraction of sp³-hybridized carbons (Fsp3) is 0.950. The van der Waals surface area contributed by atoms with Crippen LogP contribution in [0.15, 0.2) is 4.99 Å². The number of hydrogen-bond donors (Lipinski definition) is 2. The van der Waals surface area contributed by atoms with Gasteiger partial charge in [-0.05, 0) is 58.9 Å². The fourth-order valence-electron chi connectivity index (χ4n) is 4.08. The van der Waals surface area contributed by atoms with Crippen LogP contribution < -0.4 is 10.6 Å². The van der Waals surface area contributed by atoms with Crippen molar-refractivity contribution in [3.05, 3.63) is 0 Å². The predicted octanol–water partition coefficient (Wildman–Crippen LogP) is 2.53. The van der Waals surface area contributed by atoms with Crippen LogP contribution in [-0.4, -0.2) is 73.2 Å². The molecule has 2 fully saturated rings. The Labute approximate surface area is 155 Å². The van der Waals surface area contributed by atoms with E-state index in [2.05, 4.69) is 55.1 Å². The Hall–Kier alpha value is -0.810. The largest absolute Gasteiger partial charge is 0.357 e. The monoisotopic (exact) mass is 351 g/mol. The first-order chi connectivity index (χ1) is 12.0. The van der Waals surface area contributed by atoms with E-state index in [0.29, 0.717) is 18.1 Å². The lowest BCUT2D eigenvalue weighted by atomic mass is 10.0. The first-order valence-electron chi connectivity index (χ1n) is 10.5. The number of aliphatic imine (C=N–C) groups is 1. The Bertz CT molecular complexity index is 399. The molecule has 2 N–H and O–H groups in total. The van der Waals surface area contributed by atoms with Crippen molar-refractivity contribution < 1.29 is 0 Å². The topological polar surface area (TPSA) is 42.9 Å². The average molecular weight is 352 g/mol. The molecule has 25 heavy (non-hydrogen) atoms. The second-order valence-electron chi connectivity index (χ2n) is 8.45. The highest BCUT2D eigenvalue weighted by atomic mass is 15.2. The molecule has 146 valence electrons. The van der Waals surface area contributed by atoms with Crippen molar-refractivity contribution in [2.24, 2.45) is 10.9 Å². The first-order valence-corrected chi connectivity index (χ1v) is 10.5. The van der Waals surface area contributed by atoms with E-state index in [1.807, 2.05) is 0 Å². The molecule has 1 atom stereocenters. The maximum absolute atomic E-state index is 4.94. The molecule has 0 aromatic heterocycles. The maximum atomic E-state index is 4.94. The summed E-state index contributed by atoms with van der Waals surface area (Å²) in [6.07, 6.45) is 5.05. The number of rotatable bonds is 7. The Morgan fingerprint density at radius 3 is 2.40 bits per heavy atom. The number of hydrogen-bond acceptors (Lipinski definition) is 3. The molecule has 0 aromatic rings. The summed E-state index contributed by atoms with van der Waals surface area (Å²) in [4.78, 5) is 10.2. The van der Waals surface area contributed by atoms with Gasteiger partial charge < -0.3 is 15.5 Å². The number of piperidine rings is 1. The van der Waals surface area contributed by atoms with Crippen molar-refractivity contribution in [1.82, 2.24) is 20.4 Å². The minimum Gasteiger partial charge on any atom is -0.357 e. The van der Waals surface area contributed by atoms with E-state index in [0.717, 1.165) is 25.0 Å². The molecule has 0 aromatic carbocycles. The van der Waals surface area contributed by atoms with Crippen LogP contribution >= 0.6 is 0 Å². The molecule has 5 heteroatoms. The number of guanidine groups is 1. The van der Waals surface area contributed by atoms with Crippen molar-refractivity contribution in [3.63, 3.8) is 0 Å². The van der Waals surface area contributed by atoms with Crippen molar-refractivity contribution in [2.75, 3.05) is 39.3 Å². The van der Waals surface area contributed by atoms with Crippen LogP contribution in [0.1, 0.15) is 60.3 Å². The van der Waals surface area contributed by atoms with Gasteiger partial charge >= 0.3 is 0 Å². The lowest BCUT2D eigenvalue weighted by Crippen LogP contribution is -2.50. The Balaban J connectivity index is 1.84. The number of nitrogens with one attached hydrogen (secondary N) is 2. The van der Waals surface area contributed by atoms with Crippen molar-refractivity contribution in [1.29, 1.82) is 0 Å². The van der Waals surface area contributed by atoms with E-state index >= 15 is 0 Å². The molecule has 5 nitrogen and oxygen atoms in total. The molecule has 2 saturated heterocycles. The van der Waals surface area contributed by atoms with Crippen LogP contribution in [0, 0.1) is 5.92 Å². The molecule has 2 rings (SSSR count). The molecule has 0 spiro atoms. The maximum Gasteiger partial charge on any atom is 0.191 e. The Morgan fingerprint density at radius 1 is 1.08 bits per heavy atom. The highest BCUT2D eigenvalue weighted by Gasteiger charge is 2.25. The van der Waals surface area contributed by atoms with Crippen LogP contribution in [0.3, 0.4) is 0 Å². The van der Waals surface area contributed by atoms with E-state index in [-0.39, 0.29) is 0 Å². The summed E-state index contributed by atoms with van der Waals surface area (Å²) in [7, 11) is 0. The first kappa shape index (κ1) is 20.5. The predicted molar refractivity (Wildman–Crippen MR) is 108 cm³/mol. The second kappa shape index (κ2) is 10.4. The van der Waals surface area contributed by atoms with Crippen LogP contribution in [0.5, 0.6) is 0 Å². The van der Waals surface area contributed by atoms with Crippen molar-refractivity contribution in [3.8, 4) is 0 Å². The third kappa shape index (κ3) is 6.78. The summed E-state index contributed by atoms with van der Waals surface area (Å²) in [5, 5.41) is 7.14. The van der Waals surface area contributed by atoms with E-state index in [9.17, 15) is 0 Å².